The third kappa shape index (κ3) is 54.5. The lowest BCUT2D eigenvalue weighted by Gasteiger charge is -2.25. The van der Waals surface area contributed by atoms with Crippen LogP contribution in [0.4, 0.5) is 0 Å². The second-order valence-corrected chi connectivity index (χ2v) is 18.8. The number of hydrogen-bond donors (Lipinski definition) is 1. The van der Waals surface area contributed by atoms with Crippen molar-refractivity contribution in [3.8, 4) is 0 Å². The number of aliphatic carboxylic acids is 1. The zero-order chi connectivity index (χ0) is 53.4. The number of ether oxygens (including phenoxy) is 4. The standard InChI is InChI=1S/C64H99NO8/c1-6-8-10-12-14-16-18-20-22-23-24-25-26-27-28-29-30-31-32-33-34-35-36-37-38-39-41-43-45-47-49-51-53-55-62(67)73-60(59-72-64(63(68)69)70-57-56-65(3,4)5)58-71-61(66)54-52-50-48-46-44-42-40-21-19-17-15-13-11-9-7-2/h8-11,14-17,20-22,24-25,27-28,30-31,33-34,36-37,39-41,45,47,60,64H,6-7,12-13,18-19,23,26,29,32,35,38,42-44,46,48-59H2,1-5H3/p+1/b10-8-,11-9-,16-14-,17-15-,22-20-,25-24-,28-27-,31-30-,34-33-,37-36-,40-21-,41-39-,47-45-. The molecule has 0 aromatic carbocycles. The van der Waals surface area contributed by atoms with Gasteiger partial charge in [0, 0.05) is 12.8 Å². The number of carbonyl (C=O) groups excluding carboxylic acids is 2. The van der Waals surface area contributed by atoms with E-state index in [9.17, 15) is 19.5 Å². The van der Waals surface area contributed by atoms with Gasteiger partial charge in [0.05, 0.1) is 34.4 Å². The number of allylic oxidation sites excluding steroid dienone is 26. The van der Waals surface area contributed by atoms with Crippen LogP contribution in [-0.4, -0.2) is 87.4 Å². The van der Waals surface area contributed by atoms with Gasteiger partial charge >= 0.3 is 17.9 Å². The number of carboxylic acids is 1. The van der Waals surface area contributed by atoms with E-state index in [1.807, 2.05) is 21.1 Å². The van der Waals surface area contributed by atoms with Gasteiger partial charge in [0.1, 0.15) is 13.2 Å². The number of esters is 2. The largest absolute Gasteiger partial charge is 0.477 e. The van der Waals surface area contributed by atoms with Gasteiger partial charge in [0.15, 0.2) is 6.10 Å². The van der Waals surface area contributed by atoms with Gasteiger partial charge in [-0.05, 0) is 122 Å². The summed E-state index contributed by atoms with van der Waals surface area (Å²) in [6, 6.07) is 0. The van der Waals surface area contributed by atoms with Crippen molar-refractivity contribution in [2.45, 2.75) is 180 Å². The normalized spacial score (nSPS) is 14.0. The number of carboxylic acid groups (broad SMARTS) is 1. The molecule has 0 aliphatic rings. The predicted molar refractivity (Wildman–Crippen MR) is 308 cm³/mol. The van der Waals surface area contributed by atoms with Crippen LogP contribution in [0, 0.1) is 0 Å². The summed E-state index contributed by atoms with van der Waals surface area (Å²) in [5.74, 6) is -2.12. The summed E-state index contributed by atoms with van der Waals surface area (Å²) in [5.41, 5.74) is 0. The Labute approximate surface area is 444 Å². The third-order valence-corrected chi connectivity index (χ3v) is 10.8. The molecule has 73 heavy (non-hydrogen) atoms. The van der Waals surface area contributed by atoms with Crippen molar-refractivity contribution in [2.24, 2.45) is 0 Å². The average molecular weight is 1010 g/mol. The topological polar surface area (TPSA) is 108 Å². The molecule has 408 valence electrons. The average Bonchev–Trinajstić information content (AvgIpc) is 3.36. The van der Waals surface area contributed by atoms with E-state index in [0.29, 0.717) is 23.9 Å². The number of likely N-dealkylation sites (N-methyl/N-ethyl adjacent to an activating group) is 1. The minimum atomic E-state index is -1.54. The lowest BCUT2D eigenvalue weighted by molar-refractivity contribution is -0.870. The molecule has 2 atom stereocenters. The Kier molecular flexibility index (Phi) is 49.5. The molecule has 0 bridgehead atoms. The molecule has 0 spiro atoms. The van der Waals surface area contributed by atoms with Crippen LogP contribution in [0.5, 0.6) is 0 Å². The Morgan fingerprint density at radius 1 is 0.411 bits per heavy atom. The van der Waals surface area contributed by atoms with Gasteiger partial charge in [-0.3, -0.25) is 9.59 Å². The molecule has 0 rings (SSSR count). The third-order valence-electron chi connectivity index (χ3n) is 10.8. The smallest absolute Gasteiger partial charge is 0.361 e. The van der Waals surface area contributed by atoms with Crippen molar-refractivity contribution in [1.82, 2.24) is 0 Å². The maximum Gasteiger partial charge on any atom is 0.361 e. The summed E-state index contributed by atoms with van der Waals surface area (Å²) in [5, 5.41) is 9.68. The maximum atomic E-state index is 12.8. The van der Waals surface area contributed by atoms with E-state index < -0.39 is 24.3 Å². The molecule has 0 aliphatic heterocycles. The van der Waals surface area contributed by atoms with Gasteiger partial charge < -0.3 is 28.5 Å². The van der Waals surface area contributed by atoms with Gasteiger partial charge in [-0.25, -0.2) is 4.79 Å². The first kappa shape index (κ1) is 67.9. The highest BCUT2D eigenvalue weighted by atomic mass is 16.7. The quantitative estimate of drug-likeness (QED) is 0.0211. The Balaban J connectivity index is 4.41. The van der Waals surface area contributed by atoms with Crippen molar-refractivity contribution >= 4 is 17.9 Å². The highest BCUT2D eigenvalue weighted by Crippen LogP contribution is 2.11. The number of hydrogen-bond acceptors (Lipinski definition) is 7. The molecule has 0 aliphatic carbocycles. The Morgan fingerprint density at radius 3 is 1.12 bits per heavy atom. The van der Waals surface area contributed by atoms with Crippen molar-refractivity contribution in [1.29, 1.82) is 0 Å². The van der Waals surface area contributed by atoms with Crippen LogP contribution in [0.2, 0.25) is 0 Å². The fourth-order valence-corrected chi connectivity index (χ4v) is 6.58. The van der Waals surface area contributed by atoms with Gasteiger partial charge in [-0.15, -0.1) is 0 Å². The van der Waals surface area contributed by atoms with Crippen molar-refractivity contribution in [3.63, 3.8) is 0 Å². The van der Waals surface area contributed by atoms with E-state index in [2.05, 4.69) is 172 Å². The van der Waals surface area contributed by atoms with Crippen molar-refractivity contribution in [2.75, 3.05) is 47.5 Å². The van der Waals surface area contributed by atoms with Crippen LogP contribution < -0.4 is 0 Å². The van der Waals surface area contributed by atoms with Gasteiger partial charge in [-0.2, -0.15) is 0 Å². The lowest BCUT2D eigenvalue weighted by Crippen LogP contribution is -2.40. The first-order valence-electron chi connectivity index (χ1n) is 27.6. The van der Waals surface area contributed by atoms with Crippen molar-refractivity contribution < 1.29 is 42.9 Å². The van der Waals surface area contributed by atoms with Crippen LogP contribution in [0.1, 0.15) is 168 Å². The molecule has 9 nitrogen and oxygen atoms in total. The monoisotopic (exact) mass is 1010 g/mol. The molecule has 0 heterocycles. The molecule has 9 heteroatoms. The van der Waals surface area contributed by atoms with Gasteiger partial charge in [0.25, 0.3) is 6.29 Å². The van der Waals surface area contributed by atoms with Crippen molar-refractivity contribution in [3.05, 3.63) is 158 Å². The first-order valence-corrected chi connectivity index (χ1v) is 27.6. The summed E-state index contributed by atoms with van der Waals surface area (Å²) in [6.45, 7) is 4.53. The summed E-state index contributed by atoms with van der Waals surface area (Å²) < 4.78 is 22.7. The van der Waals surface area contributed by atoms with E-state index in [0.717, 1.165) is 128 Å². The summed E-state index contributed by atoms with van der Waals surface area (Å²) in [7, 11) is 5.92. The number of unbranched alkanes of at least 4 members (excludes halogenated alkanes) is 7. The molecule has 0 fully saturated rings. The highest BCUT2D eigenvalue weighted by Gasteiger charge is 2.25. The van der Waals surface area contributed by atoms with Gasteiger partial charge in [0.2, 0.25) is 0 Å². The number of carbonyl (C=O) groups is 3. The molecule has 2 unspecified atom stereocenters. The molecule has 0 aromatic rings. The van der Waals surface area contributed by atoms with Gasteiger partial charge in [-0.1, -0.05) is 191 Å². The zero-order valence-corrected chi connectivity index (χ0v) is 46.2. The second kappa shape index (κ2) is 53.2. The van der Waals surface area contributed by atoms with E-state index in [4.69, 9.17) is 18.9 Å². The Bertz CT molecular complexity index is 1750. The fourth-order valence-electron chi connectivity index (χ4n) is 6.58. The molecular formula is C64H100NO8+. The molecule has 0 aromatic heterocycles. The SMILES string of the molecule is CC/C=C\C/C=C\C/C=C\C/C=C\C/C=C\C/C=C\C/C=C\C/C=C\C/C=C\C/C=C\CCCCC(=O)OC(COC(=O)CCCCCCC/C=C\C/C=C\C/C=C\CC)COC(OCC[N+](C)(C)C)C(=O)O. The summed E-state index contributed by atoms with van der Waals surface area (Å²) >= 11 is 0. The maximum absolute atomic E-state index is 12.8. The number of rotatable bonds is 48. The predicted octanol–water partition coefficient (Wildman–Crippen LogP) is 16.2. The second-order valence-electron chi connectivity index (χ2n) is 18.8. The summed E-state index contributed by atoms with van der Waals surface area (Å²) in [6.07, 6.45) is 76.1. The van der Waals surface area contributed by atoms with Crippen LogP contribution >= 0.6 is 0 Å². The molecule has 0 amide bonds. The van der Waals surface area contributed by atoms with Crippen LogP contribution in [0.25, 0.3) is 0 Å². The Morgan fingerprint density at radius 2 is 0.740 bits per heavy atom. The molecule has 0 saturated heterocycles. The number of nitrogens with zero attached hydrogens (tertiary/aromatic N) is 1. The number of quaternary nitrogens is 1. The minimum absolute atomic E-state index is 0.166. The molecule has 0 radical (unpaired) electrons. The van der Waals surface area contributed by atoms with E-state index in [1.165, 1.54) is 0 Å². The first-order chi connectivity index (χ1) is 35.6. The zero-order valence-electron chi connectivity index (χ0n) is 46.2. The Hall–Kier alpha value is -5.09. The van der Waals surface area contributed by atoms with E-state index in [-0.39, 0.29) is 38.6 Å². The lowest BCUT2D eigenvalue weighted by atomic mass is 10.1. The van der Waals surface area contributed by atoms with Crippen LogP contribution in [0.15, 0.2) is 158 Å². The van der Waals surface area contributed by atoms with E-state index in [1.54, 1.807) is 0 Å². The van der Waals surface area contributed by atoms with Crippen LogP contribution in [-0.2, 0) is 33.3 Å². The van der Waals surface area contributed by atoms with Crippen LogP contribution in [0.3, 0.4) is 0 Å². The molecular weight excluding hydrogens is 911 g/mol. The van der Waals surface area contributed by atoms with E-state index >= 15 is 0 Å². The minimum Gasteiger partial charge on any atom is -0.477 e. The molecule has 0 saturated carbocycles. The fraction of sp³-hybridized carbons (Fsp3) is 0.547. The highest BCUT2D eigenvalue weighted by molar-refractivity contribution is 5.71. The summed E-state index contributed by atoms with van der Waals surface area (Å²) in [4.78, 5) is 37.3. The molecule has 1 N–H and O–H groups in total.